The molecule has 0 spiro atoms. The Morgan fingerprint density at radius 2 is 1.90 bits per heavy atom. The van der Waals surface area contributed by atoms with Crippen LogP contribution in [0.4, 0.5) is 0 Å². The van der Waals surface area contributed by atoms with E-state index in [0.717, 1.165) is 31.2 Å². The summed E-state index contributed by atoms with van der Waals surface area (Å²) in [6.45, 7) is 2.48. The van der Waals surface area contributed by atoms with Crippen LogP contribution in [0, 0.1) is 0 Å². The van der Waals surface area contributed by atoms with Crippen molar-refractivity contribution in [3.8, 4) is 0 Å². The van der Waals surface area contributed by atoms with Crippen molar-refractivity contribution in [2.75, 3.05) is 0 Å². The van der Waals surface area contributed by atoms with Gasteiger partial charge in [0.05, 0.1) is 31.1 Å². The highest BCUT2D eigenvalue weighted by Gasteiger charge is 2.48. The highest BCUT2D eigenvalue weighted by atomic mass is 16.3. The third-order valence-electron chi connectivity index (χ3n) is 6.87. The molecule has 7 heteroatoms. The number of amides is 2. The van der Waals surface area contributed by atoms with Crippen molar-refractivity contribution in [3.63, 3.8) is 0 Å². The quantitative estimate of drug-likeness (QED) is 0.671. The number of nitrogens with one attached hydrogen (secondary N) is 1. The number of hydrogen-bond acceptors (Lipinski definition) is 4. The van der Waals surface area contributed by atoms with E-state index in [4.69, 9.17) is 8.83 Å². The first-order valence-electron chi connectivity index (χ1n) is 11.3. The van der Waals surface area contributed by atoms with E-state index in [1.807, 2.05) is 23.6 Å². The Morgan fingerprint density at radius 3 is 2.65 bits per heavy atom. The third kappa shape index (κ3) is 3.56. The Hall–Kier alpha value is -2.96. The van der Waals surface area contributed by atoms with Crippen molar-refractivity contribution in [3.05, 3.63) is 48.2 Å². The van der Waals surface area contributed by atoms with Crippen molar-refractivity contribution in [2.45, 2.75) is 76.5 Å². The van der Waals surface area contributed by atoms with Crippen molar-refractivity contribution >= 4 is 22.9 Å². The van der Waals surface area contributed by atoms with Gasteiger partial charge < -0.3 is 23.6 Å². The number of carbonyl (C=O) groups excluding carboxylic acids is 2. The maximum atomic E-state index is 13.7. The summed E-state index contributed by atoms with van der Waals surface area (Å²) in [7, 11) is 0. The Balaban J connectivity index is 1.48. The van der Waals surface area contributed by atoms with Gasteiger partial charge in [-0.1, -0.05) is 32.1 Å². The number of carbonyl (C=O) groups is 2. The molecule has 2 aliphatic rings. The zero-order chi connectivity index (χ0) is 21.4. The second-order valence-electron chi connectivity index (χ2n) is 9.05. The van der Waals surface area contributed by atoms with Crippen LogP contribution in [0.15, 0.2) is 45.6 Å². The van der Waals surface area contributed by atoms with Gasteiger partial charge in [0.2, 0.25) is 5.91 Å². The van der Waals surface area contributed by atoms with E-state index in [9.17, 15) is 9.59 Å². The van der Waals surface area contributed by atoms with Crippen LogP contribution < -0.4 is 5.32 Å². The molecule has 1 fully saturated rings. The van der Waals surface area contributed by atoms with Crippen LogP contribution in [0.5, 0.6) is 0 Å². The maximum Gasteiger partial charge on any atom is 0.272 e. The molecule has 5 rings (SSSR count). The van der Waals surface area contributed by atoms with Gasteiger partial charge in [0.1, 0.15) is 17.0 Å². The van der Waals surface area contributed by atoms with Gasteiger partial charge in [-0.3, -0.25) is 9.59 Å². The van der Waals surface area contributed by atoms with Gasteiger partial charge in [-0.15, -0.1) is 0 Å². The molecular weight excluding hydrogens is 394 g/mol. The van der Waals surface area contributed by atoms with E-state index in [0.29, 0.717) is 23.6 Å². The Labute approximate surface area is 181 Å². The number of aromatic nitrogens is 1. The molecule has 1 N–H and O–H groups in total. The zero-order valence-electron chi connectivity index (χ0n) is 17.9. The lowest BCUT2D eigenvalue weighted by Gasteiger charge is -2.44. The van der Waals surface area contributed by atoms with Crippen LogP contribution in [-0.4, -0.2) is 32.9 Å². The summed E-state index contributed by atoms with van der Waals surface area (Å²) < 4.78 is 13.0. The summed E-state index contributed by atoms with van der Waals surface area (Å²) in [5, 5.41) is 3.29. The summed E-state index contributed by atoms with van der Waals surface area (Å²) in [5.41, 5.74) is 0.997. The maximum absolute atomic E-state index is 13.7. The van der Waals surface area contributed by atoms with Crippen molar-refractivity contribution in [2.24, 2.45) is 0 Å². The molecule has 7 nitrogen and oxygen atoms in total. The fraction of sp³-hybridized carbons (Fsp3) is 0.500. The molecule has 4 heterocycles. The number of rotatable bonds is 4. The molecule has 0 saturated heterocycles. The normalized spacial score (nSPS) is 22.9. The van der Waals surface area contributed by atoms with Crippen LogP contribution in [0.1, 0.15) is 68.1 Å². The largest absolute Gasteiger partial charge is 0.467 e. The van der Waals surface area contributed by atoms with Gasteiger partial charge in [-0.2, -0.15) is 0 Å². The molecule has 1 aliphatic heterocycles. The minimum atomic E-state index is -1.04. The molecule has 1 aliphatic carbocycles. The summed E-state index contributed by atoms with van der Waals surface area (Å²) in [4.78, 5) is 28.9. The summed E-state index contributed by atoms with van der Waals surface area (Å²) in [6.07, 6.45) is 11.2. The number of fused-ring (bicyclic) bond motifs is 3. The Bertz CT molecular complexity index is 1070. The fourth-order valence-electron chi connectivity index (χ4n) is 5.02. The third-order valence-corrected chi connectivity index (χ3v) is 6.87. The van der Waals surface area contributed by atoms with Gasteiger partial charge in [0.25, 0.3) is 5.91 Å². The van der Waals surface area contributed by atoms with E-state index in [1.54, 1.807) is 29.6 Å². The van der Waals surface area contributed by atoms with Gasteiger partial charge >= 0.3 is 0 Å². The van der Waals surface area contributed by atoms with E-state index in [2.05, 4.69) is 5.32 Å². The van der Waals surface area contributed by atoms with Crippen LogP contribution in [0.3, 0.4) is 0 Å². The topological polar surface area (TPSA) is 80.6 Å². The van der Waals surface area contributed by atoms with Gasteiger partial charge in [-0.25, -0.2) is 0 Å². The van der Waals surface area contributed by atoms with Crippen LogP contribution >= 0.6 is 0 Å². The molecule has 0 radical (unpaired) electrons. The van der Waals surface area contributed by atoms with Crippen molar-refractivity contribution in [1.29, 1.82) is 0 Å². The van der Waals surface area contributed by atoms with Crippen LogP contribution in [-0.2, 0) is 17.9 Å². The van der Waals surface area contributed by atoms with E-state index in [1.165, 1.54) is 19.3 Å². The van der Waals surface area contributed by atoms with Gasteiger partial charge in [0.15, 0.2) is 5.58 Å². The standard InChI is InChI=1S/C24H29N3O4/c1-24(23(29)25-17-8-5-3-2-4-6-9-17)16-26-19-11-13-31-21(19)14-20(26)22(28)27(24)15-18-10-7-12-30-18/h7,10-14,17H,2-6,8-9,15-16H2,1H3,(H,25,29). The average Bonchev–Trinajstić information content (AvgIpc) is 3.46. The Kier molecular flexibility index (Phi) is 5.12. The predicted molar refractivity (Wildman–Crippen MR) is 115 cm³/mol. The number of furan rings is 2. The molecule has 31 heavy (non-hydrogen) atoms. The van der Waals surface area contributed by atoms with E-state index < -0.39 is 5.54 Å². The second kappa shape index (κ2) is 7.94. The minimum absolute atomic E-state index is 0.103. The van der Waals surface area contributed by atoms with Crippen molar-refractivity contribution in [1.82, 2.24) is 14.8 Å². The molecule has 3 aromatic rings. The van der Waals surface area contributed by atoms with Crippen molar-refractivity contribution < 1.29 is 18.4 Å². The van der Waals surface area contributed by atoms with Crippen LogP contribution in [0.2, 0.25) is 0 Å². The number of hydrogen-bond donors (Lipinski definition) is 1. The second-order valence-corrected chi connectivity index (χ2v) is 9.05. The average molecular weight is 424 g/mol. The summed E-state index contributed by atoms with van der Waals surface area (Å²) in [5.74, 6) is 0.361. The number of nitrogens with zero attached hydrogens (tertiary/aromatic N) is 2. The zero-order valence-corrected chi connectivity index (χ0v) is 17.9. The predicted octanol–water partition coefficient (Wildman–Crippen LogP) is 4.47. The molecule has 2 amide bonds. The molecule has 1 unspecified atom stereocenters. The minimum Gasteiger partial charge on any atom is -0.467 e. The first-order valence-corrected chi connectivity index (χ1v) is 11.3. The summed E-state index contributed by atoms with van der Waals surface area (Å²) >= 11 is 0. The monoisotopic (exact) mass is 423 g/mol. The molecule has 164 valence electrons. The van der Waals surface area contributed by atoms with E-state index in [-0.39, 0.29) is 24.4 Å². The lowest BCUT2D eigenvalue weighted by Crippen LogP contribution is -2.64. The first kappa shape index (κ1) is 20.0. The summed E-state index contributed by atoms with van der Waals surface area (Å²) in [6, 6.07) is 7.40. The van der Waals surface area contributed by atoms with Gasteiger partial charge in [0, 0.05) is 18.2 Å². The van der Waals surface area contributed by atoms with E-state index >= 15 is 0 Å². The van der Waals surface area contributed by atoms with Gasteiger partial charge in [-0.05, 0) is 31.9 Å². The first-order chi connectivity index (χ1) is 15.1. The molecule has 0 bridgehead atoms. The molecular formula is C24H29N3O4. The Morgan fingerprint density at radius 1 is 1.13 bits per heavy atom. The molecule has 1 saturated carbocycles. The lowest BCUT2D eigenvalue weighted by atomic mass is 9.92. The molecule has 1 atom stereocenters. The van der Waals surface area contributed by atoms with Crippen LogP contribution in [0.25, 0.3) is 11.1 Å². The SMILES string of the molecule is CC1(C(=O)NC2CCCCCCC2)Cn2c(cc3occc32)C(=O)N1Cc1ccco1. The molecule has 3 aromatic heterocycles. The smallest absolute Gasteiger partial charge is 0.272 e. The fourth-order valence-corrected chi connectivity index (χ4v) is 5.02. The highest BCUT2D eigenvalue weighted by Crippen LogP contribution is 2.34. The molecule has 0 aromatic carbocycles. The lowest BCUT2D eigenvalue weighted by molar-refractivity contribution is -0.134. The highest BCUT2D eigenvalue weighted by molar-refractivity contribution is 6.02.